The first-order valence-corrected chi connectivity index (χ1v) is 3.68. The van der Waals surface area contributed by atoms with E-state index in [0.717, 1.165) is 0 Å². The lowest BCUT2D eigenvalue weighted by atomic mass is 10.3. The lowest BCUT2D eigenvalue weighted by Gasteiger charge is -2.21. The van der Waals surface area contributed by atoms with Gasteiger partial charge in [0.15, 0.2) is 5.11 Å². The quantitative estimate of drug-likeness (QED) is 0.325. The summed E-state index contributed by atoms with van der Waals surface area (Å²) in [5, 5.41) is 1.95. The van der Waals surface area contributed by atoms with Crippen LogP contribution in [0.2, 0.25) is 0 Å². The van der Waals surface area contributed by atoms with Crippen LogP contribution in [0.5, 0.6) is 0 Å². The van der Waals surface area contributed by atoms with Crippen molar-refractivity contribution < 1.29 is 13.2 Å². The number of alkyl halides is 3. The third kappa shape index (κ3) is 1.61. The van der Waals surface area contributed by atoms with Crippen molar-refractivity contribution in [1.82, 2.24) is 10.7 Å². The summed E-state index contributed by atoms with van der Waals surface area (Å²) >= 11 is 4.47. The molecule has 0 unspecified atom stereocenters. The van der Waals surface area contributed by atoms with Gasteiger partial charge in [-0.25, -0.2) is 5.84 Å². The summed E-state index contributed by atoms with van der Waals surface area (Å²) in [6.07, 6.45) is -4.15. The number of rotatable bonds is 1. The summed E-state index contributed by atoms with van der Waals surface area (Å²) in [6.45, 7) is 0. The molecule has 0 amide bonds. The minimum Gasteiger partial charge on any atom is -0.348 e. The zero-order valence-electron chi connectivity index (χ0n) is 6.03. The van der Waals surface area contributed by atoms with Crippen LogP contribution in [0.3, 0.4) is 0 Å². The molecule has 0 aromatic carbocycles. The number of hydrogen-bond donors (Lipinski definition) is 3. The van der Waals surface area contributed by atoms with Crippen molar-refractivity contribution in [1.29, 1.82) is 0 Å². The van der Waals surface area contributed by atoms with Crippen LogP contribution in [0.1, 0.15) is 12.8 Å². The molecule has 0 atom stereocenters. The molecule has 1 saturated carbocycles. The molecule has 12 heavy (non-hydrogen) atoms. The second kappa shape index (κ2) is 2.74. The van der Waals surface area contributed by atoms with E-state index in [1.165, 1.54) is 0 Å². The SMILES string of the molecule is NNC(=S)NC1(C(F)(F)F)CC1. The van der Waals surface area contributed by atoms with Crippen molar-refractivity contribution in [3.8, 4) is 0 Å². The van der Waals surface area contributed by atoms with E-state index >= 15 is 0 Å². The summed E-state index contributed by atoms with van der Waals surface area (Å²) in [6, 6.07) is 0. The summed E-state index contributed by atoms with van der Waals surface area (Å²) in [5.41, 5.74) is 0.131. The molecular weight excluding hydrogens is 191 g/mol. The standard InChI is InChI=1S/C5H8F3N3S/c6-5(7,8)4(1-2-4)10-3(12)11-9/h1-2,9H2,(H2,10,11,12). The predicted molar refractivity (Wildman–Crippen MR) is 41.1 cm³/mol. The molecule has 0 aromatic rings. The summed E-state index contributed by atoms with van der Waals surface area (Å²) in [5.74, 6) is 4.83. The fourth-order valence-corrected chi connectivity index (χ4v) is 1.05. The van der Waals surface area contributed by atoms with Crippen molar-refractivity contribution in [2.24, 2.45) is 5.84 Å². The van der Waals surface area contributed by atoms with E-state index in [2.05, 4.69) is 17.5 Å². The smallest absolute Gasteiger partial charge is 0.348 e. The monoisotopic (exact) mass is 199 g/mol. The Hall–Kier alpha value is -0.560. The van der Waals surface area contributed by atoms with Gasteiger partial charge in [0.05, 0.1) is 0 Å². The second-order valence-electron chi connectivity index (χ2n) is 2.68. The average Bonchev–Trinajstić information content (AvgIpc) is 2.67. The van der Waals surface area contributed by atoms with E-state index in [1.807, 2.05) is 5.43 Å². The molecule has 0 radical (unpaired) electrons. The zero-order valence-corrected chi connectivity index (χ0v) is 6.85. The Morgan fingerprint density at radius 1 is 1.42 bits per heavy atom. The maximum absolute atomic E-state index is 12.2. The van der Waals surface area contributed by atoms with Gasteiger partial charge in [-0.1, -0.05) is 0 Å². The van der Waals surface area contributed by atoms with Gasteiger partial charge in [-0.3, -0.25) is 0 Å². The van der Waals surface area contributed by atoms with Crippen molar-refractivity contribution in [2.75, 3.05) is 0 Å². The number of hydrazine groups is 1. The molecule has 0 spiro atoms. The predicted octanol–water partition coefficient (Wildman–Crippen LogP) is 0.419. The molecule has 1 aliphatic rings. The summed E-state index contributed by atoms with van der Waals surface area (Å²) < 4.78 is 36.6. The van der Waals surface area contributed by atoms with Gasteiger partial charge in [0.2, 0.25) is 0 Å². The van der Waals surface area contributed by atoms with Gasteiger partial charge in [-0.15, -0.1) is 0 Å². The highest BCUT2D eigenvalue weighted by atomic mass is 32.1. The molecule has 1 fully saturated rings. The van der Waals surface area contributed by atoms with Gasteiger partial charge in [-0.05, 0) is 25.1 Å². The molecular formula is C5H8F3N3S. The van der Waals surface area contributed by atoms with Crippen LogP contribution < -0.4 is 16.6 Å². The Morgan fingerprint density at radius 2 is 1.92 bits per heavy atom. The third-order valence-corrected chi connectivity index (χ3v) is 2.00. The minimum atomic E-state index is -4.26. The molecule has 4 N–H and O–H groups in total. The van der Waals surface area contributed by atoms with E-state index in [4.69, 9.17) is 5.84 Å². The zero-order chi connectivity index (χ0) is 9.41. The Balaban J connectivity index is 2.56. The van der Waals surface area contributed by atoms with Gasteiger partial charge < -0.3 is 10.7 Å². The van der Waals surface area contributed by atoms with E-state index in [-0.39, 0.29) is 18.0 Å². The van der Waals surface area contributed by atoms with E-state index in [9.17, 15) is 13.2 Å². The van der Waals surface area contributed by atoms with Crippen molar-refractivity contribution in [3.05, 3.63) is 0 Å². The Labute approximate surface area is 72.5 Å². The van der Waals surface area contributed by atoms with Crippen LogP contribution in [0.4, 0.5) is 13.2 Å². The molecule has 0 saturated heterocycles. The van der Waals surface area contributed by atoms with Crippen LogP contribution in [0.15, 0.2) is 0 Å². The average molecular weight is 199 g/mol. The Bertz CT molecular complexity index is 199. The molecule has 0 aliphatic heterocycles. The largest absolute Gasteiger partial charge is 0.411 e. The van der Waals surface area contributed by atoms with Crippen LogP contribution in [-0.4, -0.2) is 16.8 Å². The Morgan fingerprint density at radius 3 is 2.17 bits per heavy atom. The molecule has 7 heteroatoms. The molecule has 0 aromatic heterocycles. The molecule has 3 nitrogen and oxygen atoms in total. The molecule has 0 heterocycles. The highest BCUT2D eigenvalue weighted by molar-refractivity contribution is 7.80. The fraction of sp³-hybridized carbons (Fsp3) is 0.800. The topological polar surface area (TPSA) is 50.1 Å². The third-order valence-electron chi connectivity index (χ3n) is 1.78. The Kier molecular flexibility index (Phi) is 2.17. The van der Waals surface area contributed by atoms with Crippen molar-refractivity contribution >= 4 is 17.3 Å². The van der Waals surface area contributed by atoms with Gasteiger partial charge in [0.25, 0.3) is 0 Å². The molecule has 1 aliphatic carbocycles. The lowest BCUT2D eigenvalue weighted by molar-refractivity contribution is -0.161. The number of hydrogen-bond acceptors (Lipinski definition) is 2. The van der Waals surface area contributed by atoms with Crippen LogP contribution >= 0.6 is 12.2 Å². The summed E-state index contributed by atoms with van der Waals surface area (Å²) in [7, 11) is 0. The van der Waals surface area contributed by atoms with E-state index in [1.54, 1.807) is 0 Å². The number of halogens is 3. The van der Waals surface area contributed by atoms with Gasteiger partial charge in [0.1, 0.15) is 5.54 Å². The first-order chi connectivity index (χ1) is 5.41. The highest BCUT2D eigenvalue weighted by Gasteiger charge is 2.63. The van der Waals surface area contributed by atoms with Crippen LogP contribution in [0, 0.1) is 0 Å². The summed E-state index contributed by atoms with van der Waals surface area (Å²) in [4.78, 5) is 0. The number of nitrogens with two attached hydrogens (primary N) is 1. The number of nitrogens with one attached hydrogen (secondary N) is 2. The van der Waals surface area contributed by atoms with Crippen molar-refractivity contribution in [3.63, 3.8) is 0 Å². The van der Waals surface area contributed by atoms with Gasteiger partial charge in [-0.2, -0.15) is 13.2 Å². The van der Waals surface area contributed by atoms with E-state index in [0.29, 0.717) is 0 Å². The second-order valence-corrected chi connectivity index (χ2v) is 3.09. The number of thiocarbonyl (C=S) groups is 1. The molecule has 70 valence electrons. The van der Waals surface area contributed by atoms with Crippen LogP contribution in [0.25, 0.3) is 0 Å². The fourth-order valence-electron chi connectivity index (χ4n) is 0.858. The minimum absolute atomic E-state index is 0.0539. The highest BCUT2D eigenvalue weighted by Crippen LogP contribution is 2.48. The van der Waals surface area contributed by atoms with Gasteiger partial charge in [0, 0.05) is 0 Å². The maximum Gasteiger partial charge on any atom is 0.411 e. The van der Waals surface area contributed by atoms with Crippen molar-refractivity contribution in [2.45, 2.75) is 24.6 Å². The maximum atomic E-state index is 12.2. The lowest BCUT2D eigenvalue weighted by Crippen LogP contribution is -2.52. The first-order valence-electron chi connectivity index (χ1n) is 3.27. The first kappa shape index (κ1) is 9.53. The normalized spacial score (nSPS) is 20.0. The van der Waals surface area contributed by atoms with E-state index < -0.39 is 11.7 Å². The molecule has 1 rings (SSSR count). The van der Waals surface area contributed by atoms with Gasteiger partial charge >= 0.3 is 6.18 Å². The van der Waals surface area contributed by atoms with Crippen LogP contribution in [-0.2, 0) is 0 Å². The molecule has 0 bridgehead atoms.